The van der Waals surface area contributed by atoms with Crippen molar-refractivity contribution in [1.82, 2.24) is 20.4 Å². The van der Waals surface area contributed by atoms with E-state index in [4.69, 9.17) is 0 Å². The number of nitrogens with zero attached hydrogens (tertiary/aromatic N) is 3. The molecule has 0 saturated heterocycles. The molecule has 0 aliphatic carbocycles. The van der Waals surface area contributed by atoms with Gasteiger partial charge in [-0.25, -0.2) is 0 Å². The zero-order chi connectivity index (χ0) is 17.4. The Morgan fingerprint density at radius 2 is 2.12 bits per heavy atom. The van der Waals surface area contributed by atoms with Crippen molar-refractivity contribution in [2.45, 2.75) is 33.0 Å². The molecule has 3 N–H and O–H groups in total. The van der Waals surface area contributed by atoms with Gasteiger partial charge in [-0.2, -0.15) is 5.10 Å². The van der Waals surface area contributed by atoms with E-state index in [-0.39, 0.29) is 36.4 Å². The van der Waals surface area contributed by atoms with E-state index in [1.165, 1.54) is 0 Å². The number of amides is 1. The summed E-state index contributed by atoms with van der Waals surface area (Å²) in [7, 11) is 1.74. The fourth-order valence-corrected chi connectivity index (χ4v) is 2.15. The summed E-state index contributed by atoms with van der Waals surface area (Å²) in [4.78, 5) is 16.2. The van der Waals surface area contributed by atoms with Gasteiger partial charge in [0.2, 0.25) is 5.91 Å². The fraction of sp³-hybridized carbons (Fsp3) is 0.353. The van der Waals surface area contributed by atoms with Crippen LogP contribution in [0.5, 0.6) is 0 Å². The maximum atomic E-state index is 12.0. The first kappa shape index (κ1) is 20.9. The van der Waals surface area contributed by atoms with Gasteiger partial charge < -0.3 is 16.0 Å². The van der Waals surface area contributed by atoms with Gasteiger partial charge in [0.15, 0.2) is 5.96 Å². The molecule has 0 unspecified atom stereocenters. The normalized spacial score (nSPS) is 11.0. The highest BCUT2D eigenvalue weighted by Gasteiger charge is 2.05. The summed E-state index contributed by atoms with van der Waals surface area (Å²) in [6.45, 7) is 4.93. The zero-order valence-corrected chi connectivity index (χ0v) is 17.0. The number of aromatic nitrogens is 2. The van der Waals surface area contributed by atoms with Gasteiger partial charge in [-0.05, 0) is 37.6 Å². The Hall–Kier alpha value is -2.10. The summed E-state index contributed by atoms with van der Waals surface area (Å²) >= 11 is 0. The van der Waals surface area contributed by atoms with Crippen molar-refractivity contribution in [2.24, 2.45) is 4.99 Å². The van der Waals surface area contributed by atoms with Gasteiger partial charge in [0.25, 0.3) is 0 Å². The van der Waals surface area contributed by atoms with Gasteiger partial charge in [-0.3, -0.25) is 14.5 Å². The molecule has 136 valence electrons. The van der Waals surface area contributed by atoms with Gasteiger partial charge in [0.05, 0.1) is 0 Å². The van der Waals surface area contributed by atoms with Crippen LogP contribution in [-0.4, -0.2) is 34.7 Å². The molecule has 0 radical (unpaired) electrons. The molecule has 7 nitrogen and oxygen atoms in total. The van der Waals surface area contributed by atoms with Crippen LogP contribution in [0.15, 0.2) is 47.7 Å². The molecular formula is C17H25IN6O. The molecule has 0 fully saturated rings. The van der Waals surface area contributed by atoms with Crippen LogP contribution in [0, 0.1) is 0 Å². The van der Waals surface area contributed by atoms with Crippen molar-refractivity contribution in [2.75, 3.05) is 12.4 Å². The number of anilines is 1. The van der Waals surface area contributed by atoms with E-state index in [0.717, 1.165) is 17.2 Å². The van der Waals surface area contributed by atoms with Crippen molar-refractivity contribution in [1.29, 1.82) is 0 Å². The smallest absolute Gasteiger partial charge is 0.246 e. The molecule has 2 rings (SSSR count). The lowest BCUT2D eigenvalue weighted by atomic mass is 10.2. The third-order valence-electron chi connectivity index (χ3n) is 3.18. The monoisotopic (exact) mass is 456 g/mol. The second kappa shape index (κ2) is 10.7. The minimum absolute atomic E-state index is 0. The van der Waals surface area contributed by atoms with Gasteiger partial charge in [-0.1, -0.05) is 12.1 Å². The van der Waals surface area contributed by atoms with Crippen molar-refractivity contribution in [3.8, 4) is 0 Å². The van der Waals surface area contributed by atoms with Crippen LogP contribution in [0.2, 0.25) is 0 Å². The number of benzene rings is 1. The number of hydrogen-bond acceptors (Lipinski definition) is 3. The number of carbonyl (C=O) groups excluding carboxylic acids is 1. The molecular weight excluding hydrogens is 431 g/mol. The van der Waals surface area contributed by atoms with E-state index in [2.05, 4.69) is 39.9 Å². The molecule has 1 aromatic heterocycles. The number of guanidine groups is 1. The predicted molar refractivity (Wildman–Crippen MR) is 111 cm³/mol. The average Bonchev–Trinajstić information content (AvgIpc) is 3.04. The summed E-state index contributed by atoms with van der Waals surface area (Å²) in [5.41, 5.74) is 1.82. The van der Waals surface area contributed by atoms with Crippen LogP contribution < -0.4 is 16.0 Å². The van der Waals surface area contributed by atoms with E-state index in [9.17, 15) is 4.79 Å². The molecule has 1 heterocycles. The Kier molecular flexibility index (Phi) is 8.96. The number of nitrogens with one attached hydrogen (secondary N) is 3. The number of rotatable bonds is 6. The average molecular weight is 456 g/mol. The SMILES string of the molecule is CN=C(NCc1cccc(NC(=O)Cn2cccn2)c1)NC(C)C.I. The lowest BCUT2D eigenvalue weighted by Gasteiger charge is -2.15. The Labute approximate surface area is 165 Å². The summed E-state index contributed by atoms with van der Waals surface area (Å²) in [6.07, 6.45) is 3.41. The molecule has 0 bridgehead atoms. The van der Waals surface area contributed by atoms with E-state index in [0.29, 0.717) is 12.6 Å². The molecule has 1 aromatic carbocycles. The van der Waals surface area contributed by atoms with Crippen LogP contribution in [0.1, 0.15) is 19.4 Å². The van der Waals surface area contributed by atoms with E-state index in [1.54, 1.807) is 30.2 Å². The first-order valence-corrected chi connectivity index (χ1v) is 7.90. The predicted octanol–water partition coefficient (Wildman–Crippen LogP) is 2.21. The Morgan fingerprint density at radius 1 is 1.32 bits per heavy atom. The minimum atomic E-state index is -0.110. The summed E-state index contributed by atoms with van der Waals surface area (Å²) in [5, 5.41) is 13.4. The number of carbonyl (C=O) groups is 1. The Balaban J connectivity index is 0.00000312. The van der Waals surface area contributed by atoms with Gasteiger partial charge in [0, 0.05) is 37.7 Å². The maximum absolute atomic E-state index is 12.0. The summed E-state index contributed by atoms with van der Waals surface area (Å²) in [5.74, 6) is 0.638. The molecule has 0 atom stereocenters. The molecule has 0 aliphatic heterocycles. The van der Waals surface area contributed by atoms with Crippen molar-refractivity contribution >= 4 is 41.5 Å². The summed E-state index contributed by atoms with van der Waals surface area (Å²) < 4.78 is 1.59. The first-order chi connectivity index (χ1) is 11.6. The number of halogens is 1. The van der Waals surface area contributed by atoms with Crippen LogP contribution in [0.25, 0.3) is 0 Å². The fourth-order valence-electron chi connectivity index (χ4n) is 2.15. The Morgan fingerprint density at radius 3 is 2.76 bits per heavy atom. The highest BCUT2D eigenvalue weighted by Crippen LogP contribution is 2.10. The Bertz CT molecular complexity index is 684. The lowest BCUT2D eigenvalue weighted by molar-refractivity contribution is -0.116. The highest BCUT2D eigenvalue weighted by atomic mass is 127. The number of aliphatic imine (C=N–C) groups is 1. The molecule has 1 amide bonds. The quantitative estimate of drug-likeness (QED) is 0.354. The molecule has 0 aliphatic rings. The zero-order valence-electron chi connectivity index (χ0n) is 14.7. The van der Waals surface area contributed by atoms with Crippen LogP contribution in [0.4, 0.5) is 5.69 Å². The highest BCUT2D eigenvalue weighted by molar-refractivity contribution is 14.0. The van der Waals surface area contributed by atoms with Crippen molar-refractivity contribution in [3.05, 3.63) is 48.3 Å². The maximum Gasteiger partial charge on any atom is 0.246 e. The molecule has 8 heteroatoms. The van der Waals surface area contributed by atoms with Gasteiger partial charge >= 0.3 is 0 Å². The third-order valence-corrected chi connectivity index (χ3v) is 3.18. The summed E-state index contributed by atoms with van der Waals surface area (Å²) in [6, 6.07) is 9.82. The van der Waals surface area contributed by atoms with Crippen molar-refractivity contribution in [3.63, 3.8) is 0 Å². The third kappa shape index (κ3) is 7.55. The molecule has 0 spiro atoms. The molecule has 2 aromatic rings. The van der Waals surface area contributed by atoms with Crippen LogP contribution in [-0.2, 0) is 17.9 Å². The minimum Gasteiger partial charge on any atom is -0.354 e. The second-order valence-corrected chi connectivity index (χ2v) is 5.68. The lowest BCUT2D eigenvalue weighted by Crippen LogP contribution is -2.40. The topological polar surface area (TPSA) is 83.3 Å². The van der Waals surface area contributed by atoms with Gasteiger partial charge in [0.1, 0.15) is 6.54 Å². The standard InChI is InChI=1S/C17H24N6O.HI/c1-13(2)21-17(18-3)19-11-14-6-4-7-15(10-14)22-16(24)12-23-9-5-8-20-23;/h4-10,13H,11-12H2,1-3H3,(H,22,24)(H2,18,19,21);1H. The molecule has 0 saturated carbocycles. The van der Waals surface area contributed by atoms with Gasteiger partial charge in [-0.15, -0.1) is 24.0 Å². The first-order valence-electron chi connectivity index (χ1n) is 7.90. The number of hydrogen-bond donors (Lipinski definition) is 3. The van der Waals surface area contributed by atoms with E-state index in [1.807, 2.05) is 24.3 Å². The largest absolute Gasteiger partial charge is 0.354 e. The molecule has 25 heavy (non-hydrogen) atoms. The van der Waals surface area contributed by atoms with Crippen molar-refractivity contribution < 1.29 is 4.79 Å². The van der Waals surface area contributed by atoms with Crippen LogP contribution in [0.3, 0.4) is 0 Å². The van der Waals surface area contributed by atoms with Crippen LogP contribution >= 0.6 is 24.0 Å². The van der Waals surface area contributed by atoms with E-state index < -0.39 is 0 Å². The second-order valence-electron chi connectivity index (χ2n) is 5.68. The van der Waals surface area contributed by atoms with E-state index >= 15 is 0 Å².